The average molecular weight is 395 g/mol. The molecule has 0 fully saturated rings. The number of pyridine rings is 1. The van der Waals surface area contributed by atoms with Crippen molar-refractivity contribution in [3.05, 3.63) is 50.5 Å². The molecule has 3 aromatic rings. The zero-order chi connectivity index (χ0) is 14.4. The summed E-state index contributed by atoms with van der Waals surface area (Å²) in [5.74, 6) is 0.649. The van der Waals surface area contributed by atoms with E-state index in [4.69, 9.17) is 5.73 Å². The van der Waals surface area contributed by atoms with E-state index in [-0.39, 0.29) is 0 Å². The van der Waals surface area contributed by atoms with Gasteiger partial charge in [0.15, 0.2) is 0 Å². The molecule has 0 aliphatic rings. The second-order valence-corrected chi connectivity index (χ2v) is 6.55. The van der Waals surface area contributed by atoms with Gasteiger partial charge >= 0.3 is 0 Å². The number of halogens is 2. The minimum absolute atomic E-state index is 0.649. The average Bonchev–Trinajstić information content (AvgIpc) is 2.71. The van der Waals surface area contributed by atoms with Crippen LogP contribution in [0, 0.1) is 13.8 Å². The number of nitrogens with two attached hydrogens (primary N) is 1. The highest BCUT2D eigenvalue weighted by molar-refractivity contribution is 9.10. The van der Waals surface area contributed by atoms with Crippen molar-refractivity contribution >= 4 is 43.3 Å². The lowest BCUT2D eigenvalue weighted by molar-refractivity contribution is 1.16. The highest BCUT2D eigenvalue weighted by Gasteiger charge is 2.13. The van der Waals surface area contributed by atoms with Crippen molar-refractivity contribution in [1.82, 2.24) is 9.38 Å². The predicted molar refractivity (Wildman–Crippen MR) is 89.9 cm³/mol. The second kappa shape index (κ2) is 4.90. The molecule has 0 unspecified atom stereocenters. The summed E-state index contributed by atoms with van der Waals surface area (Å²) in [4.78, 5) is 4.65. The molecule has 0 saturated carbocycles. The van der Waals surface area contributed by atoms with E-state index in [1.54, 1.807) is 0 Å². The van der Waals surface area contributed by atoms with Gasteiger partial charge in [0, 0.05) is 20.7 Å². The summed E-state index contributed by atoms with van der Waals surface area (Å²) in [5, 5.41) is 0. The van der Waals surface area contributed by atoms with Crippen LogP contribution in [0.15, 0.2) is 39.4 Å². The molecule has 3 rings (SSSR count). The van der Waals surface area contributed by atoms with Gasteiger partial charge in [-0.1, -0.05) is 28.1 Å². The molecular weight excluding hydrogens is 382 g/mol. The van der Waals surface area contributed by atoms with Crippen molar-refractivity contribution in [3.8, 4) is 11.3 Å². The van der Waals surface area contributed by atoms with E-state index in [9.17, 15) is 0 Å². The first-order chi connectivity index (χ1) is 9.47. The van der Waals surface area contributed by atoms with Crippen LogP contribution in [0.5, 0.6) is 0 Å². The minimum atomic E-state index is 0.649. The first-order valence-corrected chi connectivity index (χ1v) is 7.76. The standard InChI is InChI=1S/C15H13Br2N3/c1-8-3-4-10(6-11(8)16)14-15(18)20-7-12(17)9(2)5-13(20)19-14/h3-7H,18H2,1-2H3. The molecule has 2 heterocycles. The highest BCUT2D eigenvalue weighted by Crippen LogP contribution is 2.31. The third-order valence-electron chi connectivity index (χ3n) is 3.39. The van der Waals surface area contributed by atoms with Crippen molar-refractivity contribution in [3.63, 3.8) is 0 Å². The molecule has 0 aliphatic carbocycles. The van der Waals surface area contributed by atoms with Gasteiger partial charge in [0.2, 0.25) is 0 Å². The van der Waals surface area contributed by atoms with E-state index >= 15 is 0 Å². The van der Waals surface area contributed by atoms with E-state index in [0.29, 0.717) is 5.82 Å². The van der Waals surface area contributed by atoms with E-state index in [0.717, 1.165) is 31.4 Å². The highest BCUT2D eigenvalue weighted by atomic mass is 79.9. The summed E-state index contributed by atoms with van der Waals surface area (Å²) in [6.45, 7) is 4.10. The molecule has 0 spiro atoms. The summed E-state index contributed by atoms with van der Waals surface area (Å²) in [7, 11) is 0. The van der Waals surface area contributed by atoms with Gasteiger partial charge in [-0.15, -0.1) is 0 Å². The van der Waals surface area contributed by atoms with Crippen molar-refractivity contribution in [1.29, 1.82) is 0 Å². The van der Waals surface area contributed by atoms with Crippen LogP contribution in [0.4, 0.5) is 5.82 Å². The topological polar surface area (TPSA) is 43.3 Å². The summed E-state index contributed by atoms with van der Waals surface area (Å²) >= 11 is 7.08. The Balaban J connectivity index is 2.26. The number of hydrogen-bond acceptors (Lipinski definition) is 2. The Hall–Kier alpha value is -1.33. The maximum absolute atomic E-state index is 6.24. The molecule has 5 heteroatoms. The van der Waals surface area contributed by atoms with Crippen LogP contribution in [0.2, 0.25) is 0 Å². The Kier molecular flexibility index (Phi) is 3.34. The van der Waals surface area contributed by atoms with Crippen LogP contribution in [0.25, 0.3) is 16.9 Å². The van der Waals surface area contributed by atoms with Crippen LogP contribution in [0.3, 0.4) is 0 Å². The van der Waals surface area contributed by atoms with Crippen molar-refractivity contribution in [2.75, 3.05) is 5.73 Å². The van der Waals surface area contributed by atoms with Crippen molar-refractivity contribution in [2.24, 2.45) is 0 Å². The number of nitrogens with zero attached hydrogens (tertiary/aromatic N) is 2. The van der Waals surface area contributed by atoms with Crippen molar-refractivity contribution in [2.45, 2.75) is 13.8 Å². The molecule has 3 nitrogen and oxygen atoms in total. The van der Waals surface area contributed by atoms with Gasteiger partial charge in [0.05, 0.1) is 0 Å². The molecule has 0 amide bonds. The molecule has 0 radical (unpaired) electrons. The monoisotopic (exact) mass is 393 g/mol. The lowest BCUT2D eigenvalue weighted by atomic mass is 10.1. The van der Waals surface area contributed by atoms with Gasteiger partial charge in [-0.3, -0.25) is 4.40 Å². The third-order valence-corrected chi connectivity index (χ3v) is 5.07. The maximum atomic E-state index is 6.24. The zero-order valence-corrected chi connectivity index (χ0v) is 14.3. The second-order valence-electron chi connectivity index (χ2n) is 4.84. The number of aromatic nitrogens is 2. The zero-order valence-electron chi connectivity index (χ0n) is 11.1. The molecule has 1 aromatic carbocycles. The summed E-state index contributed by atoms with van der Waals surface area (Å²) in [6.07, 6.45) is 1.96. The predicted octanol–water partition coefficient (Wildman–Crippen LogP) is 4.73. The number of fused-ring (bicyclic) bond motifs is 1. The molecule has 2 aromatic heterocycles. The van der Waals surface area contributed by atoms with Crippen LogP contribution in [0.1, 0.15) is 11.1 Å². The van der Waals surface area contributed by atoms with Crippen LogP contribution >= 0.6 is 31.9 Å². The largest absolute Gasteiger partial charge is 0.383 e. The Morgan fingerprint density at radius 1 is 1.05 bits per heavy atom. The first-order valence-electron chi connectivity index (χ1n) is 6.17. The summed E-state index contributed by atoms with van der Waals surface area (Å²) in [5.41, 5.74) is 11.2. The Morgan fingerprint density at radius 2 is 1.80 bits per heavy atom. The molecule has 0 aliphatic heterocycles. The fourth-order valence-electron chi connectivity index (χ4n) is 2.13. The summed E-state index contributed by atoms with van der Waals surface area (Å²) < 4.78 is 3.98. The fourth-order valence-corrected chi connectivity index (χ4v) is 2.83. The fraction of sp³-hybridized carbons (Fsp3) is 0.133. The number of nitrogen functional groups attached to an aromatic ring is 1. The van der Waals surface area contributed by atoms with Crippen molar-refractivity contribution < 1.29 is 0 Å². The molecule has 0 atom stereocenters. The van der Waals surface area contributed by atoms with Crippen LogP contribution in [-0.4, -0.2) is 9.38 Å². The SMILES string of the molecule is Cc1ccc(-c2nc3cc(C)c(Br)cn3c2N)cc1Br. The molecule has 102 valence electrons. The minimum Gasteiger partial charge on any atom is -0.383 e. The number of hydrogen-bond donors (Lipinski definition) is 1. The van der Waals surface area contributed by atoms with Gasteiger partial charge in [-0.05, 0) is 53.0 Å². The number of benzene rings is 1. The Morgan fingerprint density at radius 3 is 2.50 bits per heavy atom. The number of aryl methyl sites for hydroxylation is 2. The van der Waals surface area contributed by atoms with Gasteiger partial charge in [-0.2, -0.15) is 0 Å². The number of rotatable bonds is 1. The van der Waals surface area contributed by atoms with E-state index in [1.165, 1.54) is 5.56 Å². The molecular formula is C15H13Br2N3. The smallest absolute Gasteiger partial charge is 0.139 e. The maximum Gasteiger partial charge on any atom is 0.139 e. The van der Waals surface area contributed by atoms with E-state index in [1.807, 2.05) is 29.7 Å². The van der Waals surface area contributed by atoms with E-state index < -0.39 is 0 Å². The Labute approximate surface area is 134 Å². The van der Waals surface area contributed by atoms with Gasteiger partial charge in [0.1, 0.15) is 17.2 Å². The Bertz CT molecular complexity index is 822. The quantitative estimate of drug-likeness (QED) is 0.648. The van der Waals surface area contributed by atoms with Gasteiger partial charge < -0.3 is 5.73 Å². The van der Waals surface area contributed by atoms with Crippen LogP contribution in [-0.2, 0) is 0 Å². The lowest BCUT2D eigenvalue weighted by Gasteiger charge is -2.03. The first kappa shape index (κ1) is 13.6. The molecule has 2 N–H and O–H groups in total. The number of anilines is 1. The van der Waals surface area contributed by atoms with Gasteiger partial charge in [0.25, 0.3) is 0 Å². The molecule has 0 bridgehead atoms. The summed E-state index contributed by atoms with van der Waals surface area (Å²) in [6, 6.07) is 8.17. The third kappa shape index (κ3) is 2.15. The van der Waals surface area contributed by atoms with Crippen LogP contribution < -0.4 is 5.73 Å². The molecule has 20 heavy (non-hydrogen) atoms. The van der Waals surface area contributed by atoms with E-state index in [2.05, 4.69) is 55.9 Å². The lowest BCUT2D eigenvalue weighted by Crippen LogP contribution is -1.95. The molecule has 0 saturated heterocycles. The normalized spacial score (nSPS) is 11.2. The number of imidazole rings is 1. The van der Waals surface area contributed by atoms with Gasteiger partial charge in [-0.25, -0.2) is 4.98 Å².